The number of phenols is 2. The molecule has 2 rings (SSSR count). The first-order valence-electron chi connectivity index (χ1n) is 5.99. The van der Waals surface area contributed by atoms with Gasteiger partial charge < -0.3 is 10.2 Å². The van der Waals surface area contributed by atoms with Crippen LogP contribution in [0.5, 0.6) is 11.5 Å². The number of hydrazine groups is 1. The van der Waals surface area contributed by atoms with Crippen molar-refractivity contribution in [1.82, 2.24) is 20.0 Å². The molecule has 4 N–H and O–H groups in total. The molecule has 0 radical (unpaired) electrons. The van der Waals surface area contributed by atoms with Crippen LogP contribution in [0.1, 0.15) is 6.92 Å². The third-order valence-corrected chi connectivity index (χ3v) is 2.63. The molecule has 0 saturated heterocycles. The topological polar surface area (TPSA) is 112 Å². The summed E-state index contributed by atoms with van der Waals surface area (Å²) < 4.78 is 1.25. The van der Waals surface area contributed by atoms with E-state index >= 15 is 0 Å². The lowest BCUT2D eigenvalue weighted by Crippen LogP contribution is -2.29. The number of hydrogen-bond donors (Lipinski definition) is 4. The average molecular weight is 277 g/mol. The summed E-state index contributed by atoms with van der Waals surface area (Å²) in [6, 6.07) is 4.20. The fourth-order valence-corrected chi connectivity index (χ4v) is 1.60. The van der Waals surface area contributed by atoms with E-state index in [0.717, 1.165) is 0 Å². The van der Waals surface area contributed by atoms with E-state index in [-0.39, 0.29) is 17.4 Å². The molecule has 8 nitrogen and oxygen atoms in total. The minimum absolute atomic E-state index is 0.137. The second-order valence-electron chi connectivity index (χ2n) is 4.07. The van der Waals surface area contributed by atoms with Crippen molar-refractivity contribution in [2.24, 2.45) is 7.05 Å². The molecular formula is C12H15N5O3. The number of benzene rings is 1. The highest BCUT2D eigenvalue weighted by atomic mass is 16.3. The standard InChI is InChI=1S/C12H15N5O3/c1-3-13-16-11-14-10(17(2)12(20)15-11)7-4-5-8(18)9(19)6-7/h4-6,13,18-19H,3H2,1-2H3,(H,15,16,20). The summed E-state index contributed by atoms with van der Waals surface area (Å²) >= 11 is 0. The predicted molar refractivity (Wildman–Crippen MR) is 73.3 cm³/mol. The van der Waals surface area contributed by atoms with Crippen molar-refractivity contribution in [3.05, 3.63) is 28.7 Å². The third kappa shape index (κ3) is 2.69. The fraction of sp³-hybridized carbons (Fsp3) is 0.250. The van der Waals surface area contributed by atoms with Gasteiger partial charge in [0, 0.05) is 19.2 Å². The summed E-state index contributed by atoms with van der Waals surface area (Å²) in [7, 11) is 1.53. The molecule has 2 aromatic rings. The molecule has 20 heavy (non-hydrogen) atoms. The molecule has 0 amide bonds. The van der Waals surface area contributed by atoms with Gasteiger partial charge in [0.25, 0.3) is 0 Å². The van der Waals surface area contributed by atoms with E-state index in [0.29, 0.717) is 17.9 Å². The summed E-state index contributed by atoms with van der Waals surface area (Å²) in [5, 5.41) is 18.8. The molecule has 0 bridgehead atoms. The van der Waals surface area contributed by atoms with E-state index in [1.165, 1.54) is 23.7 Å². The summed E-state index contributed by atoms with van der Waals surface area (Å²) in [4.78, 5) is 19.7. The molecular weight excluding hydrogens is 262 g/mol. The van der Waals surface area contributed by atoms with Crippen molar-refractivity contribution < 1.29 is 10.2 Å². The first kappa shape index (κ1) is 13.8. The van der Waals surface area contributed by atoms with Crippen LogP contribution in [0.3, 0.4) is 0 Å². The van der Waals surface area contributed by atoms with Gasteiger partial charge >= 0.3 is 5.69 Å². The van der Waals surface area contributed by atoms with Gasteiger partial charge in [-0.3, -0.25) is 9.99 Å². The quantitative estimate of drug-likeness (QED) is 0.466. The number of nitrogens with zero attached hydrogens (tertiary/aromatic N) is 3. The van der Waals surface area contributed by atoms with Gasteiger partial charge in [0.2, 0.25) is 5.95 Å². The van der Waals surface area contributed by atoms with Gasteiger partial charge in [-0.25, -0.2) is 10.2 Å². The number of nitrogens with one attached hydrogen (secondary N) is 2. The Hall–Kier alpha value is -2.61. The van der Waals surface area contributed by atoms with Crippen molar-refractivity contribution in [3.8, 4) is 22.9 Å². The Morgan fingerprint density at radius 1 is 1.25 bits per heavy atom. The highest BCUT2D eigenvalue weighted by Crippen LogP contribution is 2.29. The Balaban J connectivity index is 2.51. The molecule has 1 aromatic heterocycles. The van der Waals surface area contributed by atoms with Crippen LogP contribution in [-0.2, 0) is 7.05 Å². The molecule has 0 atom stereocenters. The highest BCUT2D eigenvalue weighted by molar-refractivity contribution is 5.61. The smallest absolute Gasteiger partial charge is 0.352 e. The highest BCUT2D eigenvalue weighted by Gasteiger charge is 2.11. The van der Waals surface area contributed by atoms with Crippen LogP contribution in [0.2, 0.25) is 0 Å². The van der Waals surface area contributed by atoms with Crippen LogP contribution in [0, 0.1) is 0 Å². The zero-order valence-electron chi connectivity index (χ0n) is 11.1. The SMILES string of the molecule is CCNNc1nc(-c2ccc(O)c(O)c2)n(C)c(=O)n1. The van der Waals surface area contributed by atoms with E-state index in [1.807, 2.05) is 6.92 Å². The van der Waals surface area contributed by atoms with Gasteiger partial charge in [0.15, 0.2) is 11.5 Å². The van der Waals surface area contributed by atoms with Crippen molar-refractivity contribution in [2.45, 2.75) is 6.92 Å². The predicted octanol–water partition coefficient (Wildman–Crippen LogP) is 0.190. The Labute approximate surface area is 114 Å². The maximum Gasteiger partial charge on any atom is 0.352 e. The lowest BCUT2D eigenvalue weighted by atomic mass is 10.2. The fourth-order valence-electron chi connectivity index (χ4n) is 1.60. The molecule has 0 fully saturated rings. The normalized spacial score (nSPS) is 10.5. The monoisotopic (exact) mass is 277 g/mol. The van der Waals surface area contributed by atoms with Crippen LogP contribution >= 0.6 is 0 Å². The van der Waals surface area contributed by atoms with E-state index in [1.54, 1.807) is 6.07 Å². The van der Waals surface area contributed by atoms with Crippen molar-refractivity contribution in [2.75, 3.05) is 12.0 Å². The molecule has 0 aliphatic carbocycles. The van der Waals surface area contributed by atoms with E-state index in [9.17, 15) is 15.0 Å². The largest absolute Gasteiger partial charge is 0.504 e. The molecule has 0 aliphatic heterocycles. The number of rotatable bonds is 4. The van der Waals surface area contributed by atoms with Gasteiger partial charge in [0.05, 0.1) is 0 Å². The van der Waals surface area contributed by atoms with Gasteiger partial charge in [-0.05, 0) is 18.2 Å². The number of hydrogen-bond acceptors (Lipinski definition) is 7. The van der Waals surface area contributed by atoms with Gasteiger partial charge in [-0.2, -0.15) is 9.97 Å². The van der Waals surface area contributed by atoms with Crippen molar-refractivity contribution >= 4 is 5.95 Å². The Morgan fingerprint density at radius 2 is 2.00 bits per heavy atom. The van der Waals surface area contributed by atoms with E-state index in [4.69, 9.17) is 0 Å². The van der Waals surface area contributed by atoms with E-state index < -0.39 is 5.69 Å². The Morgan fingerprint density at radius 3 is 2.65 bits per heavy atom. The third-order valence-electron chi connectivity index (χ3n) is 2.63. The molecule has 106 valence electrons. The number of phenolic OH excluding ortho intramolecular Hbond substituents is 2. The Bertz CT molecular complexity index is 683. The van der Waals surface area contributed by atoms with Crippen LogP contribution in [-0.4, -0.2) is 31.3 Å². The maximum atomic E-state index is 11.8. The minimum atomic E-state index is -0.483. The minimum Gasteiger partial charge on any atom is -0.504 e. The molecule has 1 heterocycles. The van der Waals surface area contributed by atoms with Crippen LogP contribution in [0.4, 0.5) is 5.95 Å². The zero-order valence-corrected chi connectivity index (χ0v) is 11.1. The average Bonchev–Trinajstić information content (AvgIpc) is 2.43. The Kier molecular flexibility index (Phi) is 3.85. The number of aromatic hydroxyl groups is 2. The zero-order chi connectivity index (χ0) is 14.7. The summed E-state index contributed by atoms with van der Waals surface area (Å²) in [6.07, 6.45) is 0. The van der Waals surface area contributed by atoms with Crippen LogP contribution < -0.4 is 16.5 Å². The number of aromatic nitrogens is 3. The lowest BCUT2D eigenvalue weighted by molar-refractivity contribution is 0.404. The second kappa shape index (κ2) is 5.57. The van der Waals surface area contributed by atoms with Gasteiger partial charge in [0.1, 0.15) is 5.82 Å². The van der Waals surface area contributed by atoms with Crippen LogP contribution in [0.15, 0.2) is 23.0 Å². The summed E-state index contributed by atoms with van der Waals surface area (Å²) in [5.74, 6) is -0.0632. The summed E-state index contributed by atoms with van der Waals surface area (Å²) in [5.41, 5.74) is 5.50. The molecule has 1 aromatic carbocycles. The first-order valence-corrected chi connectivity index (χ1v) is 5.99. The maximum absolute atomic E-state index is 11.8. The first-order chi connectivity index (χ1) is 9.52. The molecule has 0 aliphatic rings. The second-order valence-corrected chi connectivity index (χ2v) is 4.07. The molecule has 8 heteroatoms. The van der Waals surface area contributed by atoms with Gasteiger partial charge in [-0.1, -0.05) is 6.92 Å². The molecule has 0 spiro atoms. The molecule has 0 saturated carbocycles. The summed E-state index contributed by atoms with van der Waals surface area (Å²) in [6.45, 7) is 2.51. The number of anilines is 1. The van der Waals surface area contributed by atoms with Crippen molar-refractivity contribution in [1.29, 1.82) is 0 Å². The lowest BCUT2D eigenvalue weighted by Gasteiger charge is -2.10. The van der Waals surface area contributed by atoms with E-state index in [2.05, 4.69) is 20.8 Å². The van der Waals surface area contributed by atoms with Crippen molar-refractivity contribution in [3.63, 3.8) is 0 Å². The molecule has 0 unspecified atom stereocenters. The van der Waals surface area contributed by atoms with Gasteiger partial charge in [-0.15, -0.1) is 0 Å². The van der Waals surface area contributed by atoms with Crippen LogP contribution in [0.25, 0.3) is 11.4 Å².